The van der Waals surface area contributed by atoms with Crippen LogP contribution < -0.4 is 9.64 Å². The zero-order valence-electron chi connectivity index (χ0n) is 24.5. The fourth-order valence-electron chi connectivity index (χ4n) is 4.86. The van der Waals surface area contributed by atoms with Crippen molar-refractivity contribution in [3.8, 4) is 17.1 Å². The maximum Gasteiger partial charge on any atom is 0.226 e. The molecule has 43 heavy (non-hydrogen) atoms. The molecule has 10 heteroatoms. The van der Waals surface area contributed by atoms with Gasteiger partial charge in [0.1, 0.15) is 24.3 Å². The quantitative estimate of drug-likeness (QED) is 0.219. The number of anilines is 1. The third-order valence-electron chi connectivity index (χ3n) is 7.28. The number of benzene rings is 2. The van der Waals surface area contributed by atoms with Gasteiger partial charge in [0.05, 0.1) is 24.0 Å². The van der Waals surface area contributed by atoms with Crippen molar-refractivity contribution in [2.75, 3.05) is 25.0 Å². The van der Waals surface area contributed by atoms with E-state index in [1.807, 2.05) is 54.3 Å². The van der Waals surface area contributed by atoms with Gasteiger partial charge in [0, 0.05) is 54.3 Å². The number of nitrogens with zero attached hydrogens (tertiary/aromatic N) is 5. The molecule has 1 amide bonds. The summed E-state index contributed by atoms with van der Waals surface area (Å²) in [7, 11) is 1.62. The fourth-order valence-corrected chi connectivity index (χ4v) is 4.86. The van der Waals surface area contributed by atoms with Gasteiger partial charge in [-0.2, -0.15) is 0 Å². The van der Waals surface area contributed by atoms with Crippen molar-refractivity contribution in [3.63, 3.8) is 0 Å². The van der Waals surface area contributed by atoms with Gasteiger partial charge in [0.2, 0.25) is 18.2 Å². The number of carbonyl (C=O) groups excluding carboxylic acids is 1. The average Bonchev–Trinajstić information content (AvgIpc) is 3.01. The van der Waals surface area contributed by atoms with Crippen LogP contribution in [0.4, 0.5) is 14.7 Å². The number of hydrogen-bond donors (Lipinski definition) is 0. The number of aromatic nitrogens is 3. The highest BCUT2D eigenvalue weighted by molar-refractivity contribution is 5.76. The first-order valence-electron chi connectivity index (χ1n) is 14.0. The lowest BCUT2D eigenvalue weighted by Gasteiger charge is -2.37. The second kappa shape index (κ2) is 13.1. The summed E-state index contributed by atoms with van der Waals surface area (Å²) in [5, 5.41) is 0. The lowest BCUT2D eigenvalue weighted by atomic mass is 10.0. The smallest absolute Gasteiger partial charge is 0.226 e. The summed E-state index contributed by atoms with van der Waals surface area (Å²) in [4.78, 5) is 28.8. The van der Waals surface area contributed by atoms with E-state index < -0.39 is 11.6 Å². The first-order chi connectivity index (χ1) is 20.7. The van der Waals surface area contributed by atoms with Crippen molar-refractivity contribution >= 4 is 18.4 Å². The van der Waals surface area contributed by atoms with Crippen LogP contribution in [-0.4, -0.2) is 52.5 Å². The van der Waals surface area contributed by atoms with Crippen LogP contribution in [0.15, 0.2) is 72.6 Å². The summed E-state index contributed by atoms with van der Waals surface area (Å²) >= 11 is 0. The number of rotatable bonds is 9. The van der Waals surface area contributed by atoms with Gasteiger partial charge in [-0.3, -0.25) is 4.79 Å². The third-order valence-corrected chi connectivity index (χ3v) is 7.28. The van der Waals surface area contributed by atoms with Crippen LogP contribution in [-0.2, 0) is 16.1 Å². The Morgan fingerprint density at radius 1 is 1.12 bits per heavy atom. The SMILES string of the molecule is C/C(=C/c1c(C)nc(N2CC(C)OC(c3ccc(OCc4ccccc4)nc3)C2)nc1-c1ccc(F)cc1F)N(C)C=O. The van der Waals surface area contributed by atoms with Crippen molar-refractivity contribution in [2.24, 2.45) is 0 Å². The standard InChI is InChI=1S/C33H33F2N5O3/c1-21(39(4)20-41)14-28-23(3)37-33(38-32(28)27-12-11-26(34)15-29(27)35)40-17-22(2)43-30(18-40)25-10-13-31(36-16-25)42-19-24-8-6-5-7-9-24/h5-16,20,22,30H,17-19H2,1-4H3/b21-14-. The molecule has 2 atom stereocenters. The van der Waals surface area contributed by atoms with Gasteiger partial charge in [-0.05, 0) is 50.6 Å². The predicted octanol–water partition coefficient (Wildman–Crippen LogP) is 6.12. The summed E-state index contributed by atoms with van der Waals surface area (Å²) in [6.07, 6.45) is 3.67. The van der Waals surface area contributed by atoms with E-state index in [9.17, 15) is 9.18 Å². The Bertz CT molecular complexity index is 1620. The number of hydrogen-bond acceptors (Lipinski definition) is 7. The van der Waals surface area contributed by atoms with E-state index in [0.29, 0.717) is 60.6 Å². The molecule has 1 fully saturated rings. The first kappa shape index (κ1) is 29.8. The van der Waals surface area contributed by atoms with E-state index in [-0.39, 0.29) is 17.8 Å². The fraction of sp³-hybridized carbons (Fsp3) is 0.273. The highest BCUT2D eigenvalue weighted by Crippen LogP contribution is 2.33. The van der Waals surface area contributed by atoms with Crippen molar-refractivity contribution in [1.29, 1.82) is 0 Å². The summed E-state index contributed by atoms with van der Waals surface area (Å²) in [6.45, 7) is 6.88. The molecule has 2 unspecified atom stereocenters. The Morgan fingerprint density at radius 3 is 2.60 bits per heavy atom. The molecule has 0 bridgehead atoms. The molecule has 0 spiro atoms. The van der Waals surface area contributed by atoms with Crippen LogP contribution in [0, 0.1) is 18.6 Å². The molecule has 3 heterocycles. The minimum atomic E-state index is -0.742. The van der Waals surface area contributed by atoms with Gasteiger partial charge in [0.15, 0.2) is 0 Å². The van der Waals surface area contributed by atoms with E-state index in [2.05, 4.69) is 4.98 Å². The molecule has 2 aromatic carbocycles. The van der Waals surface area contributed by atoms with Crippen LogP contribution in [0.5, 0.6) is 5.88 Å². The Labute approximate surface area is 249 Å². The molecule has 5 rings (SSSR count). The van der Waals surface area contributed by atoms with Crippen molar-refractivity contribution in [1.82, 2.24) is 19.9 Å². The highest BCUT2D eigenvalue weighted by atomic mass is 19.1. The van der Waals surface area contributed by atoms with E-state index in [1.54, 1.807) is 33.2 Å². The second-order valence-electron chi connectivity index (χ2n) is 10.5. The Kier molecular flexibility index (Phi) is 9.06. The summed E-state index contributed by atoms with van der Waals surface area (Å²) in [6, 6.07) is 17.0. The molecule has 0 saturated carbocycles. The molecule has 0 radical (unpaired) electrons. The van der Waals surface area contributed by atoms with Crippen LogP contribution in [0.1, 0.15) is 42.3 Å². The largest absolute Gasteiger partial charge is 0.473 e. The first-order valence-corrected chi connectivity index (χ1v) is 14.0. The molecular formula is C33H33F2N5O3. The zero-order chi connectivity index (χ0) is 30.5. The van der Waals surface area contributed by atoms with Gasteiger partial charge in [-0.25, -0.2) is 23.7 Å². The molecule has 1 aliphatic rings. The summed E-state index contributed by atoms with van der Waals surface area (Å²) in [5.74, 6) is -0.520. The number of pyridine rings is 1. The molecule has 4 aromatic rings. The Balaban J connectivity index is 1.43. The number of amides is 1. The molecule has 0 N–H and O–H groups in total. The molecule has 0 aliphatic carbocycles. The van der Waals surface area contributed by atoms with Crippen LogP contribution in [0.3, 0.4) is 0 Å². The van der Waals surface area contributed by atoms with E-state index in [1.165, 1.54) is 17.0 Å². The molecular weight excluding hydrogens is 552 g/mol. The number of allylic oxidation sites excluding steroid dienone is 1. The normalized spacial score (nSPS) is 17.1. The minimum Gasteiger partial charge on any atom is -0.473 e. The Hall–Kier alpha value is -4.70. The van der Waals surface area contributed by atoms with Crippen LogP contribution in [0.2, 0.25) is 0 Å². The number of carbonyl (C=O) groups is 1. The molecule has 2 aromatic heterocycles. The lowest BCUT2D eigenvalue weighted by Crippen LogP contribution is -2.44. The predicted molar refractivity (Wildman–Crippen MR) is 160 cm³/mol. The summed E-state index contributed by atoms with van der Waals surface area (Å²) < 4.78 is 41.0. The lowest BCUT2D eigenvalue weighted by molar-refractivity contribution is -0.115. The van der Waals surface area contributed by atoms with Crippen molar-refractivity contribution in [2.45, 2.75) is 39.6 Å². The topological polar surface area (TPSA) is 80.7 Å². The van der Waals surface area contributed by atoms with Gasteiger partial charge in [-0.15, -0.1) is 0 Å². The second-order valence-corrected chi connectivity index (χ2v) is 10.5. The maximum absolute atomic E-state index is 15.1. The van der Waals surface area contributed by atoms with Crippen LogP contribution in [0.25, 0.3) is 17.3 Å². The van der Waals surface area contributed by atoms with Gasteiger partial charge in [-0.1, -0.05) is 30.3 Å². The monoisotopic (exact) mass is 585 g/mol. The molecule has 8 nitrogen and oxygen atoms in total. The number of morpholine rings is 1. The average molecular weight is 586 g/mol. The minimum absolute atomic E-state index is 0.133. The van der Waals surface area contributed by atoms with Gasteiger partial charge in [0.25, 0.3) is 0 Å². The van der Waals surface area contributed by atoms with E-state index in [4.69, 9.17) is 19.4 Å². The van der Waals surface area contributed by atoms with E-state index in [0.717, 1.165) is 17.2 Å². The van der Waals surface area contributed by atoms with Crippen molar-refractivity contribution < 1.29 is 23.0 Å². The van der Waals surface area contributed by atoms with Crippen LogP contribution >= 0.6 is 0 Å². The molecule has 1 saturated heterocycles. The molecule has 222 valence electrons. The number of aryl methyl sites for hydroxylation is 1. The number of halogens is 2. The summed E-state index contributed by atoms with van der Waals surface area (Å²) in [5.41, 5.74) is 4.09. The Morgan fingerprint density at radius 2 is 1.91 bits per heavy atom. The number of ether oxygens (including phenoxy) is 2. The molecule has 1 aliphatic heterocycles. The van der Waals surface area contributed by atoms with Gasteiger partial charge < -0.3 is 19.3 Å². The zero-order valence-corrected chi connectivity index (χ0v) is 24.5. The van der Waals surface area contributed by atoms with Crippen molar-refractivity contribution in [3.05, 3.63) is 107 Å². The maximum atomic E-state index is 15.1. The third kappa shape index (κ3) is 7.03. The van der Waals surface area contributed by atoms with E-state index >= 15 is 4.39 Å². The van der Waals surface area contributed by atoms with Gasteiger partial charge >= 0.3 is 0 Å². The highest BCUT2D eigenvalue weighted by Gasteiger charge is 2.29.